The summed E-state index contributed by atoms with van der Waals surface area (Å²) in [5.41, 5.74) is 2.92. The van der Waals surface area contributed by atoms with E-state index in [0.29, 0.717) is 22.8 Å². The van der Waals surface area contributed by atoms with Crippen LogP contribution in [0.4, 0.5) is 4.39 Å². The lowest BCUT2D eigenvalue weighted by Crippen LogP contribution is -2.24. The number of carbonyl (C=O) groups is 1. The Balaban J connectivity index is 1.53. The van der Waals surface area contributed by atoms with Crippen molar-refractivity contribution in [2.75, 3.05) is 6.61 Å². The fraction of sp³-hybridized carbons (Fsp3) is 0.0526. The fourth-order valence-electron chi connectivity index (χ4n) is 2.27. The molecule has 0 spiro atoms. The van der Waals surface area contributed by atoms with E-state index in [1.54, 1.807) is 24.3 Å². The molecule has 8 nitrogen and oxygen atoms in total. The second-order valence-electron chi connectivity index (χ2n) is 5.81. The summed E-state index contributed by atoms with van der Waals surface area (Å²) < 4.78 is 46.1. The predicted octanol–water partition coefficient (Wildman–Crippen LogP) is 2.26. The molecule has 3 rings (SSSR count). The first kappa shape index (κ1) is 20.2. The summed E-state index contributed by atoms with van der Waals surface area (Å²) in [5.74, 6) is 0.309. The normalized spacial score (nSPS) is 11.5. The van der Waals surface area contributed by atoms with Crippen LogP contribution in [-0.2, 0) is 14.8 Å². The Hall–Kier alpha value is -3.50. The van der Waals surface area contributed by atoms with Crippen molar-refractivity contribution in [2.24, 2.45) is 10.2 Å². The summed E-state index contributed by atoms with van der Waals surface area (Å²) >= 11 is 0. The minimum absolute atomic E-state index is 0.000149. The maximum absolute atomic E-state index is 12.8. The van der Waals surface area contributed by atoms with E-state index in [1.165, 1.54) is 42.6 Å². The number of nitrogens with zero attached hydrogens (tertiary/aromatic N) is 1. The minimum atomic E-state index is -3.76. The van der Waals surface area contributed by atoms with Gasteiger partial charge in [0.2, 0.25) is 10.0 Å². The molecule has 3 N–H and O–H groups in total. The monoisotopic (exact) mass is 417 g/mol. The number of rotatable bonds is 7. The first-order chi connectivity index (χ1) is 13.8. The number of benzene rings is 2. The zero-order valence-electron chi connectivity index (χ0n) is 14.9. The number of hydrogen-bond donors (Lipinski definition) is 2. The number of carbonyl (C=O) groups excluding carboxylic acids is 1. The van der Waals surface area contributed by atoms with Gasteiger partial charge in [-0.1, -0.05) is 0 Å². The van der Waals surface area contributed by atoms with Crippen molar-refractivity contribution in [3.63, 3.8) is 0 Å². The Bertz CT molecular complexity index is 1120. The van der Waals surface area contributed by atoms with Gasteiger partial charge in [0.05, 0.1) is 11.1 Å². The molecule has 0 aliphatic heterocycles. The number of primary sulfonamides is 1. The number of ether oxygens (including phenoxy) is 1. The molecule has 0 aliphatic rings. The Kier molecular flexibility index (Phi) is 6.05. The van der Waals surface area contributed by atoms with Crippen molar-refractivity contribution in [1.29, 1.82) is 0 Å². The molecule has 0 saturated carbocycles. The lowest BCUT2D eigenvalue weighted by atomic mass is 10.2. The number of nitrogens with one attached hydrogen (secondary N) is 1. The molecular weight excluding hydrogens is 401 g/mol. The van der Waals surface area contributed by atoms with Crippen LogP contribution in [0.1, 0.15) is 5.76 Å². The van der Waals surface area contributed by atoms with E-state index >= 15 is 0 Å². The summed E-state index contributed by atoms with van der Waals surface area (Å²) in [6.07, 6.45) is 1.30. The fourth-order valence-corrected chi connectivity index (χ4v) is 2.78. The van der Waals surface area contributed by atoms with E-state index in [-0.39, 0.29) is 11.5 Å². The molecule has 0 fully saturated rings. The van der Waals surface area contributed by atoms with Crippen LogP contribution in [-0.4, -0.2) is 27.1 Å². The zero-order valence-corrected chi connectivity index (χ0v) is 15.7. The van der Waals surface area contributed by atoms with Gasteiger partial charge in [-0.25, -0.2) is 23.4 Å². The lowest BCUT2D eigenvalue weighted by Gasteiger charge is -2.04. The van der Waals surface area contributed by atoms with Crippen molar-refractivity contribution in [2.45, 2.75) is 4.90 Å². The van der Waals surface area contributed by atoms with E-state index in [9.17, 15) is 17.6 Å². The van der Waals surface area contributed by atoms with Crippen LogP contribution in [0.25, 0.3) is 11.3 Å². The van der Waals surface area contributed by atoms with Gasteiger partial charge in [-0.2, -0.15) is 5.10 Å². The Morgan fingerprint density at radius 2 is 1.79 bits per heavy atom. The number of halogens is 1. The molecule has 0 aliphatic carbocycles. The van der Waals surface area contributed by atoms with Crippen molar-refractivity contribution < 1.29 is 26.8 Å². The highest BCUT2D eigenvalue weighted by Gasteiger charge is 2.09. The van der Waals surface area contributed by atoms with Gasteiger partial charge < -0.3 is 9.15 Å². The van der Waals surface area contributed by atoms with E-state index in [4.69, 9.17) is 14.3 Å². The van der Waals surface area contributed by atoms with Crippen molar-refractivity contribution in [3.8, 4) is 17.1 Å². The number of amides is 1. The van der Waals surface area contributed by atoms with Crippen molar-refractivity contribution in [1.82, 2.24) is 5.43 Å². The second-order valence-corrected chi connectivity index (χ2v) is 7.37. The van der Waals surface area contributed by atoms with Gasteiger partial charge in [-0.05, 0) is 60.7 Å². The smallest absolute Gasteiger partial charge is 0.277 e. The number of nitrogens with two attached hydrogens (primary N) is 1. The quantitative estimate of drug-likeness (QED) is 0.451. The summed E-state index contributed by atoms with van der Waals surface area (Å²) in [4.78, 5) is 11.7. The van der Waals surface area contributed by atoms with Crippen LogP contribution >= 0.6 is 0 Å². The molecule has 0 bridgehead atoms. The average molecular weight is 417 g/mol. The van der Waals surface area contributed by atoms with Crippen LogP contribution in [0, 0.1) is 5.82 Å². The second kappa shape index (κ2) is 8.67. The predicted molar refractivity (Wildman–Crippen MR) is 103 cm³/mol. The molecule has 0 radical (unpaired) electrons. The molecule has 1 heterocycles. The lowest BCUT2D eigenvalue weighted by molar-refractivity contribution is -0.123. The highest BCUT2D eigenvalue weighted by atomic mass is 32.2. The SMILES string of the molecule is NS(=O)(=O)c1ccc(-c2ccc(C=NNC(=O)COc3ccc(F)cc3)o2)cc1. The van der Waals surface area contributed by atoms with Crippen molar-refractivity contribution in [3.05, 3.63) is 72.2 Å². The van der Waals surface area contributed by atoms with Crippen LogP contribution < -0.4 is 15.3 Å². The maximum atomic E-state index is 12.8. The van der Waals surface area contributed by atoms with Gasteiger partial charge in [0, 0.05) is 5.56 Å². The van der Waals surface area contributed by atoms with Gasteiger partial charge >= 0.3 is 0 Å². The van der Waals surface area contributed by atoms with Crippen LogP contribution in [0.5, 0.6) is 5.75 Å². The third kappa shape index (κ3) is 5.74. The van der Waals surface area contributed by atoms with Crippen LogP contribution in [0.15, 0.2) is 75.1 Å². The molecule has 3 aromatic rings. The number of hydrogen-bond acceptors (Lipinski definition) is 6. The number of hydrazone groups is 1. The highest BCUT2D eigenvalue weighted by molar-refractivity contribution is 7.89. The molecule has 150 valence electrons. The maximum Gasteiger partial charge on any atom is 0.277 e. The Morgan fingerprint density at radius 3 is 2.45 bits per heavy atom. The van der Waals surface area contributed by atoms with E-state index in [2.05, 4.69) is 10.5 Å². The summed E-state index contributed by atoms with van der Waals surface area (Å²) in [5, 5.41) is 8.83. The largest absolute Gasteiger partial charge is 0.484 e. The van der Waals surface area contributed by atoms with E-state index in [0.717, 1.165) is 0 Å². The average Bonchev–Trinajstić information content (AvgIpc) is 3.16. The molecule has 1 aromatic heterocycles. The summed E-state index contributed by atoms with van der Waals surface area (Å²) in [7, 11) is -3.76. The topological polar surface area (TPSA) is 124 Å². The van der Waals surface area contributed by atoms with Gasteiger partial charge in [-0.15, -0.1) is 0 Å². The Labute approximate surface area is 165 Å². The van der Waals surface area contributed by atoms with Gasteiger partial charge in [0.1, 0.15) is 23.1 Å². The molecule has 0 saturated heterocycles. The third-order valence-corrected chi connectivity index (χ3v) is 4.59. The van der Waals surface area contributed by atoms with Crippen LogP contribution in [0.3, 0.4) is 0 Å². The molecule has 0 unspecified atom stereocenters. The summed E-state index contributed by atoms with van der Waals surface area (Å²) in [6.45, 7) is -0.289. The molecular formula is C19H16FN3O5S. The molecule has 29 heavy (non-hydrogen) atoms. The third-order valence-electron chi connectivity index (χ3n) is 3.66. The first-order valence-corrected chi connectivity index (χ1v) is 9.79. The van der Waals surface area contributed by atoms with Crippen LogP contribution in [0.2, 0.25) is 0 Å². The minimum Gasteiger partial charge on any atom is -0.484 e. The molecule has 2 aromatic carbocycles. The molecule has 0 atom stereocenters. The van der Waals surface area contributed by atoms with Gasteiger partial charge in [0.25, 0.3) is 5.91 Å². The highest BCUT2D eigenvalue weighted by Crippen LogP contribution is 2.22. The number of furan rings is 1. The van der Waals surface area contributed by atoms with E-state index in [1.807, 2.05) is 0 Å². The van der Waals surface area contributed by atoms with Gasteiger partial charge in [0.15, 0.2) is 6.61 Å². The number of sulfonamides is 1. The van der Waals surface area contributed by atoms with Crippen molar-refractivity contribution >= 4 is 22.1 Å². The first-order valence-electron chi connectivity index (χ1n) is 8.24. The van der Waals surface area contributed by atoms with Gasteiger partial charge in [-0.3, -0.25) is 4.79 Å². The molecule has 1 amide bonds. The Morgan fingerprint density at radius 1 is 1.10 bits per heavy atom. The molecule has 10 heteroatoms. The summed E-state index contributed by atoms with van der Waals surface area (Å²) in [6, 6.07) is 14.5. The van der Waals surface area contributed by atoms with E-state index < -0.39 is 21.7 Å². The zero-order chi connectivity index (χ0) is 20.9. The standard InChI is InChI=1S/C19H16FN3O5S/c20-14-3-5-15(6-4-14)27-12-19(24)23-22-11-16-7-10-18(28-16)13-1-8-17(9-2-13)29(21,25)26/h1-11H,12H2,(H,23,24)(H2,21,25,26).